The van der Waals surface area contributed by atoms with E-state index < -0.39 is 5.97 Å². The fraction of sp³-hybridized carbons (Fsp3) is 0.222. The van der Waals surface area contributed by atoms with E-state index in [9.17, 15) is 9.90 Å². The summed E-state index contributed by atoms with van der Waals surface area (Å²) in [4.78, 5) is 12.3. The number of phenols is 1. The summed E-state index contributed by atoms with van der Waals surface area (Å²) in [6, 6.07) is 4.23. The molecule has 13 heavy (non-hydrogen) atoms. The van der Waals surface area contributed by atoms with Crippen molar-refractivity contribution >= 4 is 11.7 Å². The smallest absolute Gasteiger partial charge is 0.335 e. The summed E-state index contributed by atoms with van der Waals surface area (Å²) in [5, 5.41) is 17.9. The van der Waals surface area contributed by atoms with Crippen molar-refractivity contribution in [3.8, 4) is 5.75 Å². The highest BCUT2D eigenvalue weighted by atomic mass is 16.4. The minimum Gasteiger partial charge on any atom is -0.508 e. The largest absolute Gasteiger partial charge is 0.508 e. The van der Waals surface area contributed by atoms with Crippen LogP contribution in [0, 0.1) is 0 Å². The van der Waals surface area contributed by atoms with E-state index in [4.69, 9.17) is 5.11 Å². The van der Waals surface area contributed by atoms with Gasteiger partial charge in [0.1, 0.15) is 5.75 Å². The van der Waals surface area contributed by atoms with Crippen LogP contribution in [0.4, 0.5) is 5.69 Å². The van der Waals surface area contributed by atoms with E-state index in [1.54, 1.807) is 19.0 Å². The summed E-state index contributed by atoms with van der Waals surface area (Å²) >= 11 is 0. The van der Waals surface area contributed by atoms with Crippen molar-refractivity contribution in [3.63, 3.8) is 0 Å². The van der Waals surface area contributed by atoms with Gasteiger partial charge in [0.05, 0.1) is 5.56 Å². The van der Waals surface area contributed by atoms with E-state index in [-0.39, 0.29) is 11.3 Å². The number of carboxylic acid groups (broad SMARTS) is 1. The summed E-state index contributed by atoms with van der Waals surface area (Å²) in [6.45, 7) is 0. The minimum absolute atomic E-state index is 0.0383. The first-order chi connectivity index (χ1) is 6.00. The molecule has 2 N–H and O–H groups in total. The van der Waals surface area contributed by atoms with Gasteiger partial charge in [0.2, 0.25) is 0 Å². The van der Waals surface area contributed by atoms with Crippen molar-refractivity contribution in [2.24, 2.45) is 0 Å². The quantitative estimate of drug-likeness (QED) is 0.718. The van der Waals surface area contributed by atoms with Crippen molar-refractivity contribution in [3.05, 3.63) is 23.8 Å². The molecule has 0 saturated heterocycles. The van der Waals surface area contributed by atoms with Crippen LogP contribution in [0.2, 0.25) is 0 Å². The highest BCUT2D eigenvalue weighted by molar-refractivity contribution is 5.89. The SMILES string of the molecule is CN(C)c1cc(O)cc(C(=O)O)c1. The van der Waals surface area contributed by atoms with Crippen molar-refractivity contribution in [1.29, 1.82) is 0 Å². The van der Waals surface area contributed by atoms with Crippen molar-refractivity contribution in [2.45, 2.75) is 0 Å². The maximum absolute atomic E-state index is 10.6. The number of hydrogen-bond acceptors (Lipinski definition) is 3. The van der Waals surface area contributed by atoms with Crippen molar-refractivity contribution in [1.82, 2.24) is 0 Å². The number of nitrogens with zero attached hydrogens (tertiary/aromatic N) is 1. The molecule has 4 nitrogen and oxygen atoms in total. The second kappa shape index (κ2) is 3.35. The maximum atomic E-state index is 10.6. The monoisotopic (exact) mass is 181 g/mol. The molecule has 0 bridgehead atoms. The standard InChI is InChI=1S/C9H11NO3/c1-10(2)7-3-6(9(12)13)4-8(11)5-7/h3-5,11H,1-2H3,(H,12,13). The molecule has 0 unspecified atom stereocenters. The predicted molar refractivity (Wildman–Crippen MR) is 49.4 cm³/mol. The van der Waals surface area contributed by atoms with Crippen LogP contribution in [0.15, 0.2) is 18.2 Å². The Morgan fingerprint density at radius 1 is 1.31 bits per heavy atom. The fourth-order valence-corrected chi connectivity index (χ4v) is 0.977. The predicted octanol–water partition coefficient (Wildman–Crippen LogP) is 1.16. The second-order valence-corrected chi connectivity index (χ2v) is 2.94. The number of phenolic OH excluding ortho intramolecular Hbond substituents is 1. The zero-order valence-corrected chi connectivity index (χ0v) is 7.48. The van der Waals surface area contributed by atoms with Gasteiger partial charge in [-0.05, 0) is 12.1 Å². The fourth-order valence-electron chi connectivity index (χ4n) is 0.977. The van der Waals surface area contributed by atoms with Gasteiger partial charge in [-0.15, -0.1) is 0 Å². The lowest BCUT2D eigenvalue weighted by Crippen LogP contribution is -2.09. The van der Waals surface area contributed by atoms with Crippen LogP contribution in [-0.2, 0) is 0 Å². The number of hydrogen-bond donors (Lipinski definition) is 2. The molecule has 0 aliphatic rings. The number of carbonyl (C=O) groups is 1. The Morgan fingerprint density at radius 2 is 1.92 bits per heavy atom. The molecule has 1 aromatic carbocycles. The zero-order chi connectivity index (χ0) is 10.0. The van der Waals surface area contributed by atoms with Gasteiger partial charge in [0.25, 0.3) is 0 Å². The molecule has 0 amide bonds. The third-order valence-electron chi connectivity index (χ3n) is 1.67. The van der Waals surface area contributed by atoms with Gasteiger partial charge in [-0.3, -0.25) is 0 Å². The van der Waals surface area contributed by atoms with Crippen LogP contribution in [0.25, 0.3) is 0 Å². The number of carboxylic acids is 1. The van der Waals surface area contributed by atoms with Crippen LogP contribution in [0.5, 0.6) is 5.75 Å². The van der Waals surface area contributed by atoms with E-state index in [0.29, 0.717) is 5.69 Å². The zero-order valence-electron chi connectivity index (χ0n) is 7.48. The van der Waals surface area contributed by atoms with Gasteiger partial charge in [0.15, 0.2) is 0 Å². The first-order valence-corrected chi connectivity index (χ1v) is 3.75. The molecule has 0 radical (unpaired) electrons. The Hall–Kier alpha value is -1.71. The lowest BCUT2D eigenvalue weighted by atomic mass is 10.2. The van der Waals surface area contributed by atoms with Gasteiger partial charge < -0.3 is 15.1 Å². The third-order valence-corrected chi connectivity index (χ3v) is 1.67. The van der Waals surface area contributed by atoms with E-state index in [1.807, 2.05) is 0 Å². The molecule has 0 saturated carbocycles. The summed E-state index contributed by atoms with van der Waals surface area (Å²) in [5.74, 6) is -1.08. The minimum atomic E-state index is -1.04. The lowest BCUT2D eigenvalue weighted by Gasteiger charge is -2.13. The molecule has 70 valence electrons. The second-order valence-electron chi connectivity index (χ2n) is 2.94. The van der Waals surface area contributed by atoms with Gasteiger partial charge in [-0.1, -0.05) is 0 Å². The highest BCUT2D eigenvalue weighted by Gasteiger charge is 2.07. The molecular weight excluding hydrogens is 170 g/mol. The van der Waals surface area contributed by atoms with Gasteiger partial charge >= 0.3 is 5.97 Å². The Kier molecular flexibility index (Phi) is 2.41. The summed E-state index contributed by atoms with van der Waals surface area (Å²) in [5.41, 5.74) is 0.751. The van der Waals surface area contributed by atoms with Crippen LogP contribution in [0.1, 0.15) is 10.4 Å². The van der Waals surface area contributed by atoms with E-state index in [1.165, 1.54) is 18.2 Å². The Morgan fingerprint density at radius 3 is 2.38 bits per heavy atom. The molecule has 0 aromatic heterocycles. The molecule has 0 fully saturated rings. The number of anilines is 1. The van der Waals surface area contributed by atoms with E-state index in [0.717, 1.165) is 0 Å². The molecular formula is C9H11NO3. The van der Waals surface area contributed by atoms with Crippen LogP contribution in [0.3, 0.4) is 0 Å². The average molecular weight is 181 g/mol. The number of rotatable bonds is 2. The molecule has 0 aliphatic carbocycles. The molecule has 0 aliphatic heterocycles. The van der Waals surface area contributed by atoms with Gasteiger partial charge in [-0.2, -0.15) is 0 Å². The van der Waals surface area contributed by atoms with Crippen LogP contribution in [-0.4, -0.2) is 30.3 Å². The number of benzene rings is 1. The van der Waals surface area contributed by atoms with Crippen molar-refractivity contribution < 1.29 is 15.0 Å². The first-order valence-electron chi connectivity index (χ1n) is 3.75. The maximum Gasteiger partial charge on any atom is 0.335 e. The number of aromatic carboxylic acids is 1. The summed E-state index contributed by atoms with van der Waals surface area (Å²) < 4.78 is 0. The lowest BCUT2D eigenvalue weighted by molar-refractivity contribution is 0.0696. The Labute approximate surface area is 76.0 Å². The highest BCUT2D eigenvalue weighted by Crippen LogP contribution is 2.21. The summed E-state index contributed by atoms with van der Waals surface area (Å²) in [6.07, 6.45) is 0. The number of aromatic hydroxyl groups is 1. The first kappa shape index (κ1) is 9.38. The summed E-state index contributed by atoms with van der Waals surface area (Å²) in [7, 11) is 3.56. The van der Waals surface area contributed by atoms with Crippen LogP contribution < -0.4 is 4.90 Å². The molecule has 1 aromatic rings. The molecule has 4 heteroatoms. The van der Waals surface area contributed by atoms with Gasteiger partial charge in [-0.25, -0.2) is 4.79 Å². The Bertz CT molecular complexity index is 334. The molecule has 0 heterocycles. The van der Waals surface area contributed by atoms with Crippen LogP contribution >= 0.6 is 0 Å². The van der Waals surface area contributed by atoms with E-state index in [2.05, 4.69) is 0 Å². The normalized spacial score (nSPS) is 9.69. The van der Waals surface area contributed by atoms with Gasteiger partial charge in [0, 0.05) is 25.8 Å². The van der Waals surface area contributed by atoms with Crippen molar-refractivity contribution in [2.75, 3.05) is 19.0 Å². The topological polar surface area (TPSA) is 60.8 Å². The molecule has 0 spiro atoms. The molecule has 0 atom stereocenters. The van der Waals surface area contributed by atoms with E-state index >= 15 is 0 Å². The third kappa shape index (κ3) is 2.11. The molecule has 1 rings (SSSR count). The Balaban J connectivity index is 3.19. The average Bonchev–Trinajstić information content (AvgIpc) is 2.03.